The molecule has 6 heteroatoms. The Morgan fingerprint density at radius 1 is 1.17 bits per heavy atom. The molecule has 4 nitrogen and oxygen atoms in total. The molecule has 0 radical (unpaired) electrons. The molecule has 1 aromatic heterocycles. The fraction of sp³-hybridized carbons (Fsp3) is 0.333. The van der Waals surface area contributed by atoms with Crippen molar-refractivity contribution in [1.82, 2.24) is 19.9 Å². The number of likely N-dealkylation sites (tertiary alicyclic amines) is 1. The van der Waals surface area contributed by atoms with Gasteiger partial charge in [0.2, 0.25) is 0 Å². The van der Waals surface area contributed by atoms with Crippen molar-refractivity contribution >= 4 is 0 Å². The van der Waals surface area contributed by atoms with Crippen molar-refractivity contribution in [2.45, 2.75) is 12.6 Å². The Morgan fingerprint density at radius 3 is 2.61 bits per heavy atom. The number of hydrogen-bond acceptors (Lipinski definition) is 3. The predicted molar refractivity (Wildman–Crippen MR) is 60.7 cm³/mol. The van der Waals surface area contributed by atoms with E-state index in [4.69, 9.17) is 0 Å². The van der Waals surface area contributed by atoms with E-state index < -0.39 is 5.82 Å². The first-order valence-electron chi connectivity index (χ1n) is 5.74. The van der Waals surface area contributed by atoms with Crippen molar-refractivity contribution in [2.75, 3.05) is 13.1 Å². The fourth-order valence-electron chi connectivity index (χ4n) is 2.14. The molecule has 0 aliphatic carbocycles. The normalized spacial score (nSPS) is 16.8. The van der Waals surface area contributed by atoms with Crippen LogP contribution in [0.3, 0.4) is 0 Å². The SMILES string of the molecule is Fc1ccc(F)c(CN2CC(n3nccn3)C2)c1. The summed E-state index contributed by atoms with van der Waals surface area (Å²) in [7, 11) is 0. The lowest BCUT2D eigenvalue weighted by Crippen LogP contribution is -2.47. The van der Waals surface area contributed by atoms with E-state index in [0.29, 0.717) is 12.1 Å². The average molecular weight is 250 g/mol. The molecule has 18 heavy (non-hydrogen) atoms. The van der Waals surface area contributed by atoms with Gasteiger partial charge in [-0.2, -0.15) is 15.0 Å². The zero-order valence-corrected chi connectivity index (χ0v) is 9.63. The minimum absolute atomic E-state index is 0.233. The molecule has 1 saturated heterocycles. The summed E-state index contributed by atoms with van der Waals surface area (Å²) in [5.41, 5.74) is 0.391. The molecule has 1 aromatic carbocycles. The first-order valence-corrected chi connectivity index (χ1v) is 5.74. The number of aromatic nitrogens is 3. The minimum Gasteiger partial charge on any atom is -0.294 e. The lowest BCUT2D eigenvalue weighted by molar-refractivity contribution is 0.0802. The second-order valence-electron chi connectivity index (χ2n) is 4.43. The van der Waals surface area contributed by atoms with Gasteiger partial charge in [-0.3, -0.25) is 4.90 Å². The zero-order valence-electron chi connectivity index (χ0n) is 9.63. The molecule has 1 fully saturated rings. The van der Waals surface area contributed by atoms with Crippen molar-refractivity contribution in [1.29, 1.82) is 0 Å². The van der Waals surface area contributed by atoms with E-state index in [0.717, 1.165) is 25.2 Å². The van der Waals surface area contributed by atoms with E-state index in [1.54, 1.807) is 17.2 Å². The van der Waals surface area contributed by atoms with Gasteiger partial charge in [0.15, 0.2) is 0 Å². The third kappa shape index (κ3) is 2.11. The quantitative estimate of drug-likeness (QED) is 0.830. The van der Waals surface area contributed by atoms with Crippen LogP contribution < -0.4 is 0 Å². The highest BCUT2D eigenvalue weighted by molar-refractivity contribution is 5.19. The maximum absolute atomic E-state index is 13.4. The molecule has 0 amide bonds. The molecule has 0 unspecified atom stereocenters. The van der Waals surface area contributed by atoms with E-state index in [2.05, 4.69) is 10.2 Å². The van der Waals surface area contributed by atoms with Crippen LogP contribution in [0, 0.1) is 11.6 Å². The Morgan fingerprint density at radius 2 is 1.89 bits per heavy atom. The number of nitrogens with zero attached hydrogens (tertiary/aromatic N) is 4. The fourth-order valence-corrected chi connectivity index (χ4v) is 2.14. The van der Waals surface area contributed by atoms with Gasteiger partial charge in [-0.15, -0.1) is 0 Å². The lowest BCUT2D eigenvalue weighted by Gasteiger charge is -2.38. The summed E-state index contributed by atoms with van der Waals surface area (Å²) >= 11 is 0. The number of rotatable bonds is 3. The first kappa shape index (κ1) is 11.3. The van der Waals surface area contributed by atoms with E-state index >= 15 is 0 Å². The highest BCUT2D eigenvalue weighted by Crippen LogP contribution is 2.22. The predicted octanol–water partition coefficient (Wildman–Crippen LogP) is 1.61. The largest absolute Gasteiger partial charge is 0.294 e. The summed E-state index contributed by atoms with van der Waals surface area (Å²) < 4.78 is 26.4. The summed E-state index contributed by atoms with van der Waals surface area (Å²) in [5, 5.41) is 8.11. The molecule has 0 N–H and O–H groups in total. The molecule has 0 bridgehead atoms. The van der Waals surface area contributed by atoms with Crippen molar-refractivity contribution in [3.8, 4) is 0 Å². The molecule has 0 spiro atoms. The number of hydrogen-bond donors (Lipinski definition) is 0. The van der Waals surface area contributed by atoms with Crippen LogP contribution in [0.4, 0.5) is 8.78 Å². The van der Waals surface area contributed by atoms with E-state index in [-0.39, 0.29) is 11.9 Å². The van der Waals surface area contributed by atoms with Crippen molar-refractivity contribution in [2.24, 2.45) is 0 Å². The van der Waals surface area contributed by atoms with Crippen molar-refractivity contribution < 1.29 is 8.78 Å². The molecular formula is C12H12F2N4. The Kier molecular flexibility index (Phi) is 2.79. The van der Waals surface area contributed by atoms with Gasteiger partial charge in [0, 0.05) is 25.2 Å². The van der Waals surface area contributed by atoms with E-state index in [1.807, 2.05) is 4.90 Å². The highest BCUT2D eigenvalue weighted by Gasteiger charge is 2.29. The summed E-state index contributed by atoms with van der Waals surface area (Å²) in [5.74, 6) is -0.769. The Bertz CT molecular complexity index is 535. The third-order valence-electron chi connectivity index (χ3n) is 3.10. The standard InChI is InChI=1S/C12H12F2N4/c13-10-1-2-12(14)9(5-10)6-17-7-11(8-17)18-15-3-4-16-18/h1-5,11H,6-8H2. The molecule has 0 saturated carbocycles. The first-order chi connectivity index (χ1) is 8.72. The molecule has 2 heterocycles. The van der Waals surface area contributed by atoms with Crippen LogP contribution in [0.15, 0.2) is 30.6 Å². The molecule has 2 aromatic rings. The average Bonchev–Trinajstić information content (AvgIpc) is 2.80. The summed E-state index contributed by atoms with van der Waals surface area (Å²) in [6.45, 7) is 1.93. The summed E-state index contributed by atoms with van der Waals surface area (Å²) in [4.78, 5) is 3.68. The maximum atomic E-state index is 13.4. The highest BCUT2D eigenvalue weighted by atomic mass is 19.1. The van der Waals surface area contributed by atoms with Crippen LogP contribution in [0.2, 0.25) is 0 Å². The van der Waals surface area contributed by atoms with Gasteiger partial charge in [-0.05, 0) is 18.2 Å². The lowest BCUT2D eigenvalue weighted by atomic mass is 10.1. The van der Waals surface area contributed by atoms with Gasteiger partial charge in [0.25, 0.3) is 0 Å². The maximum Gasteiger partial charge on any atom is 0.127 e. The third-order valence-corrected chi connectivity index (χ3v) is 3.10. The second-order valence-corrected chi connectivity index (χ2v) is 4.43. The van der Waals surface area contributed by atoms with Crippen LogP contribution >= 0.6 is 0 Å². The molecule has 0 atom stereocenters. The van der Waals surface area contributed by atoms with Crippen molar-refractivity contribution in [3.63, 3.8) is 0 Å². The van der Waals surface area contributed by atoms with Crippen LogP contribution in [-0.2, 0) is 6.54 Å². The van der Waals surface area contributed by atoms with Crippen LogP contribution in [0.5, 0.6) is 0 Å². The Labute approximate surface area is 103 Å². The monoisotopic (exact) mass is 250 g/mol. The van der Waals surface area contributed by atoms with Crippen molar-refractivity contribution in [3.05, 3.63) is 47.8 Å². The second kappa shape index (κ2) is 4.45. The summed E-state index contributed by atoms with van der Waals surface area (Å²) in [6, 6.07) is 3.77. The topological polar surface area (TPSA) is 34.0 Å². The Balaban J connectivity index is 1.61. The van der Waals surface area contributed by atoms with Crippen LogP contribution in [-0.4, -0.2) is 33.0 Å². The van der Waals surface area contributed by atoms with Crippen LogP contribution in [0.1, 0.15) is 11.6 Å². The molecule has 94 valence electrons. The number of halogens is 2. The minimum atomic E-state index is -0.405. The molecule has 3 rings (SSSR count). The van der Waals surface area contributed by atoms with Gasteiger partial charge < -0.3 is 0 Å². The van der Waals surface area contributed by atoms with Gasteiger partial charge >= 0.3 is 0 Å². The molecular weight excluding hydrogens is 238 g/mol. The smallest absolute Gasteiger partial charge is 0.127 e. The zero-order chi connectivity index (χ0) is 12.5. The van der Waals surface area contributed by atoms with Gasteiger partial charge in [-0.25, -0.2) is 8.78 Å². The number of benzene rings is 1. The van der Waals surface area contributed by atoms with E-state index in [9.17, 15) is 8.78 Å². The molecule has 1 aliphatic heterocycles. The van der Waals surface area contributed by atoms with Gasteiger partial charge in [-0.1, -0.05) is 0 Å². The summed E-state index contributed by atoms with van der Waals surface area (Å²) in [6.07, 6.45) is 3.27. The molecule has 1 aliphatic rings. The van der Waals surface area contributed by atoms with Gasteiger partial charge in [0.1, 0.15) is 11.6 Å². The van der Waals surface area contributed by atoms with Gasteiger partial charge in [0.05, 0.1) is 18.4 Å². The Hall–Kier alpha value is -1.82. The van der Waals surface area contributed by atoms with Crippen LogP contribution in [0.25, 0.3) is 0 Å². The van der Waals surface area contributed by atoms with E-state index in [1.165, 1.54) is 6.07 Å².